The zero-order chi connectivity index (χ0) is 25.1. The molecule has 0 radical (unpaired) electrons. The van der Waals surface area contributed by atoms with Gasteiger partial charge < -0.3 is 23.7 Å². The summed E-state index contributed by atoms with van der Waals surface area (Å²) in [6.07, 6.45) is 1.56. The van der Waals surface area contributed by atoms with Crippen molar-refractivity contribution < 1.29 is 23.1 Å². The second-order valence-electron chi connectivity index (χ2n) is 8.86. The van der Waals surface area contributed by atoms with Crippen LogP contribution in [0.3, 0.4) is 0 Å². The molecular formula is C27H31FN2O5. The van der Waals surface area contributed by atoms with Crippen molar-refractivity contribution in [3.8, 4) is 11.5 Å². The van der Waals surface area contributed by atoms with Crippen LogP contribution in [-0.2, 0) is 0 Å². The Balaban J connectivity index is 1.86. The Kier molecular flexibility index (Phi) is 7.40. The van der Waals surface area contributed by atoms with Crippen LogP contribution in [0.1, 0.15) is 54.4 Å². The molecule has 1 aliphatic rings. The Morgan fingerprint density at radius 3 is 2.57 bits per heavy atom. The number of nitrogens with zero attached hydrogens (tertiary/aromatic N) is 2. The van der Waals surface area contributed by atoms with Crippen LogP contribution in [0.5, 0.6) is 11.5 Å². The van der Waals surface area contributed by atoms with Crippen molar-refractivity contribution in [3.63, 3.8) is 0 Å². The molecule has 35 heavy (non-hydrogen) atoms. The molecule has 0 fully saturated rings. The maximum Gasteiger partial charge on any atom is 0.290 e. The highest BCUT2D eigenvalue weighted by Gasteiger charge is 2.42. The van der Waals surface area contributed by atoms with E-state index in [0.717, 1.165) is 19.0 Å². The number of hydrogen-bond donors (Lipinski definition) is 0. The van der Waals surface area contributed by atoms with Crippen LogP contribution in [0, 0.1) is 5.82 Å². The lowest BCUT2D eigenvalue weighted by Gasteiger charge is -2.26. The molecule has 186 valence electrons. The highest BCUT2D eigenvalue weighted by Crippen LogP contribution is 2.41. The minimum absolute atomic E-state index is 0.00762. The fourth-order valence-corrected chi connectivity index (χ4v) is 4.42. The fourth-order valence-electron chi connectivity index (χ4n) is 4.42. The van der Waals surface area contributed by atoms with E-state index in [4.69, 9.17) is 13.9 Å². The molecular weight excluding hydrogens is 451 g/mol. The molecule has 1 aliphatic heterocycles. The fraction of sp³-hybridized carbons (Fsp3) is 0.407. The molecule has 0 N–H and O–H groups in total. The van der Waals surface area contributed by atoms with Gasteiger partial charge in [-0.15, -0.1) is 0 Å². The monoisotopic (exact) mass is 482 g/mol. The van der Waals surface area contributed by atoms with Crippen molar-refractivity contribution in [2.24, 2.45) is 0 Å². The second kappa shape index (κ2) is 10.5. The maximum absolute atomic E-state index is 14.0. The van der Waals surface area contributed by atoms with E-state index in [0.29, 0.717) is 43.2 Å². The third-order valence-electron chi connectivity index (χ3n) is 5.98. The van der Waals surface area contributed by atoms with Crippen LogP contribution in [0.2, 0.25) is 0 Å². The number of benzene rings is 2. The van der Waals surface area contributed by atoms with Gasteiger partial charge in [0.2, 0.25) is 5.76 Å². The summed E-state index contributed by atoms with van der Waals surface area (Å²) in [5.41, 5.74) is 0.717. The van der Waals surface area contributed by atoms with Crippen LogP contribution in [-0.4, -0.2) is 56.1 Å². The number of ether oxygens (including phenoxy) is 2. The summed E-state index contributed by atoms with van der Waals surface area (Å²) in [7, 11) is 3.93. The van der Waals surface area contributed by atoms with E-state index in [-0.39, 0.29) is 28.2 Å². The van der Waals surface area contributed by atoms with E-state index in [1.54, 1.807) is 11.0 Å². The lowest BCUT2D eigenvalue weighted by Crippen LogP contribution is -2.32. The molecule has 2 aromatic carbocycles. The van der Waals surface area contributed by atoms with Gasteiger partial charge >= 0.3 is 0 Å². The lowest BCUT2D eigenvalue weighted by atomic mass is 9.98. The van der Waals surface area contributed by atoms with E-state index >= 15 is 0 Å². The van der Waals surface area contributed by atoms with Gasteiger partial charge in [-0.3, -0.25) is 9.59 Å². The summed E-state index contributed by atoms with van der Waals surface area (Å²) in [6, 6.07) is 8.54. The van der Waals surface area contributed by atoms with E-state index in [1.165, 1.54) is 12.1 Å². The Labute approximate surface area is 204 Å². The van der Waals surface area contributed by atoms with Crippen LogP contribution < -0.4 is 14.9 Å². The first-order valence-corrected chi connectivity index (χ1v) is 12.0. The van der Waals surface area contributed by atoms with E-state index < -0.39 is 17.3 Å². The molecule has 1 atom stereocenters. The van der Waals surface area contributed by atoms with Gasteiger partial charge in [-0.2, -0.15) is 0 Å². The van der Waals surface area contributed by atoms with Gasteiger partial charge in [0, 0.05) is 6.54 Å². The number of carbonyl (C=O) groups is 1. The van der Waals surface area contributed by atoms with Crippen molar-refractivity contribution >= 4 is 16.9 Å². The molecule has 1 unspecified atom stereocenters. The normalized spacial score (nSPS) is 15.2. The van der Waals surface area contributed by atoms with Crippen LogP contribution >= 0.6 is 0 Å². The third-order valence-corrected chi connectivity index (χ3v) is 5.98. The topological polar surface area (TPSA) is 72.2 Å². The summed E-state index contributed by atoms with van der Waals surface area (Å²) in [6.45, 7) is 6.08. The number of amides is 1. The minimum Gasteiger partial charge on any atom is -0.490 e. The molecule has 4 rings (SSSR count). The molecule has 1 amide bonds. The van der Waals surface area contributed by atoms with E-state index in [9.17, 15) is 14.0 Å². The second-order valence-corrected chi connectivity index (χ2v) is 8.86. The highest BCUT2D eigenvalue weighted by molar-refractivity contribution is 5.99. The third kappa shape index (κ3) is 4.89. The van der Waals surface area contributed by atoms with E-state index in [2.05, 4.69) is 0 Å². The molecule has 0 saturated heterocycles. The summed E-state index contributed by atoms with van der Waals surface area (Å²) in [5.74, 6) is 0.270. The van der Waals surface area contributed by atoms with Gasteiger partial charge in [0.1, 0.15) is 11.4 Å². The molecule has 0 aliphatic carbocycles. The Morgan fingerprint density at radius 2 is 1.86 bits per heavy atom. The highest BCUT2D eigenvalue weighted by atomic mass is 19.1. The molecule has 0 spiro atoms. The predicted molar refractivity (Wildman–Crippen MR) is 132 cm³/mol. The molecule has 8 heteroatoms. The van der Waals surface area contributed by atoms with Gasteiger partial charge in [0.05, 0.1) is 30.2 Å². The van der Waals surface area contributed by atoms with Crippen molar-refractivity contribution in [3.05, 3.63) is 69.3 Å². The lowest BCUT2D eigenvalue weighted by molar-refractivity contribution is 0.0722. The number of hydrogen-bond acceptors (Lipinski definition) is 6. The van der Waals surface area contributed by atoms with Crippen LogP contribution in [0.25, 0.3) is 11.0 Å². The first kappa shape index (κ1) is 24.7. The zero-order valence-electron chi connectivity index (χ0n) is 20.6. The Hall–Kier alpha value is -3.39. The number of halogens is 1. The number of rotatable bonds is 10. The molecule has 2 heterocycles. The van der Waals surface area contributed by atoms with Gasteiger partial charge in [-0.05, 0) is 76.3 Å². The van der Waals surface area contributed by atoms with Crippen LogP contribution in [0.4, 0.5) is 4.39 Å². The maximum atomic E-state index is 14.0. The number of carbonyl (C=O) groups excluding carboxylic acids is 1. The summed E-state index contributed by atoms with van der Waals surface area (Å²) in [5, 5.41) is 0.115. The quantitative estimate of drug-likeness (QED) is 0.420. The van der Waals surface area contributed by atoms with Crippen molar-refractivity contribution in [2.75, 3.05) is 40.4 Å². The average molecular weight is 483 g/mol. The average Bonchev–Trinajstić information content (AvgIpc) is 3.10. The SMILES string of the molecule is CCCOc1ccc(C2c3c(oc4ccc(F)cc4c3=O)C(=O)N2CCCN(C)C)cc1OCC. The summed E-state index contributed by atoms with van der Waals surface area (Å²) < 4.78 is 31.5. The van der Waals surface area contributed by atoms with Crippen LogP contribution in [0.15, 0.2) is 45.6 Å². The van der Waals surface area contributed by atoms with Crippen molar-refractivity contribution in [1.82, 2.24) is 9.80 Å². The predicted octanol–water partition coefficient (Wildman–Crippen LogP) is 4.62. The zero-order valence-corrected chi connectivity index (χ0v) is 20.6. The molecule has 0 saturated carbocycles. The standard InChI is InChI=1S/C27H31FN2O5/c1-5-14-34-21-10-8-17(15-22(21)33-6-2)24-23-25(31)19-16-18(28)9-11-20(19)35-26(23)27(32)30(24)13-7-12-29(3)4/h8-11,15-16,24H,5-7,12-14H2,1-4H3. The minimum atomic E-state index is -0.678. The molecule has 7 nitrogen and oxygen atoms in total. The number of fused-ring (bicyclic) bond motifs is 2. The first-order valence-electron chi connectivity index (χ1n) is 12.0. The van der Waals surface area contributed by atoms with Crippen molar-refractivity contribution in [2.45, 2.75) is 32.7 Å². The van der Waals surface area contributed by atoms with Gasteiger partial charge in [-0.1, -0.05) is 13.0 Å². The van der Waals surface area contributed by atoms with Crippen molar-refractivity contribution in [1.29, 1.82) is 0 Å². The molecule has 1 aromatic heterocycles. The largest absolute Gasteiger partial charge is 0.490 e. The first-order chi connectivity index (χ1) is 16.8. The summed E-state index contributed by atoms with van der Waals surface area (Å²) >= 11 is 0. The van der Waals surface area contributed by atoms with Gasteiger partial charge in [0.15, 0.2) is 16.9 Å². The van der Waals surface area contributed by atoms with Gasteiger partial charge in [-0.25, -0.2) is 4.39 Å². The smallest absolute Gasteiger partial charge is 0.290 e. The summed E-state index contributed by atoms with van der Waals surface area (Å²) in [4.78, 5) is 30.8. The Bertz CT molecular complexity index is 1290. The van der Waals surface area contributed by atoms with Gasteiger partial charge in [0.25, 0.3) is 5.91 Å². The Morgan fingerprint density at radius 1 is 1.06 bits per heavy atom. The van der Waals surface area contributed by atoms with E-state index in [1.807, 2.05) is 45.0 Å². The molecule has 3 aromatic rings. The molecule has 0 bridgehead atoms.